The van der Waals surface area contributed by atoms with Crippen LogP contribution in [0, 0.1) is 0 Å². The minimum atomic E-state index is -0.293. The van der Waals surface area contributed by atoms with E-state index in [1.807, 2.05) is 42.5 Å². The Kier molecular flexibility index (Phi) is 5.10. The van der Waals surface area contributed by atoms with E-state index in [0.29, 0.717) is 23.4 Å². The molecule has 0 fully saturated rings. The van der Waals surface area contributed by atoms with Crippen molar-refractivity contribution in [2.24, 2.45) is 0 Å². The number of nitrogen functional groups attached to an aromatic ring is 1. The van der Waals surface area contributed by atoms with Crippen LogP contribution in [0.3, 0.4) is 0 Å². The predicted octanol–water partition coefficient (Wildman–Crippen LogP) is 4.42. The van der Waals surface area contributed by atoms with Gasteiger partial charge in [-0.1, -0.05) is 53.7 Å². The number of anilines is 1. The highest BCUT2D eigenvalue weighted by Gasteiger charge is 2.24. The highest BCUT2D eigenvalue weighted by Crippen LogP contribution is 2.34. The molecular formula is C22H21N3O3. The Morgan fingerprint density at radius 1 is 1.04 bits per heavy atom. The molecule has 1 amide bonds. The lowest BCUT2D eigenvalue weighted by atomic mass is 10.1. The minimum absolute atomic E-state index is 0.00191. The molecule has 6 heteroatoms. The number of aromatic nitrogens is 1. The van der Waals surface area contributed by atoms with Gasteiger partial charge in [-0.2, -0.15) is 0 Å². The van der Waals surface area contributed by atoms with Crippen LogP contribution in [0.5, 0.6) is 0 Å². The van der Waals surface area contributed by atoms with Crippen LogP contribution in [0.2, 0.25) is 0 Å². The molecule has 0 atom stereocenters. The van der Waals surface area contributed by atoms with Crippen molar-refractivity contribution >= 4 is 22.8 Å². The van der Waals surface area contributed by atoms with E-state index in [1.54, 1.807) is 6.26 Å². The highest BCUT2D eigenvalue weighted by molar-refractivity contribution is 6.06. The number of para-hydroxylation sites is 1. The van der Waals surface area contributed by atoms with Crippen LogP contribution in [0.4, 0.5) is 5.88 Å². The number of aryl methyl sites for hydroxylation is 1. The second-order valence-electron chi connectivity index (χ2n) is 6.61. The van der Waals surface area contributed by atoms with Crippen LogP contribution in [-0.2, 0) is 6.42 Å². The maximum Gasteiger partial charge on any atom is 0.259 e. The third-order valence-electron chi connectivity index (χ3n) is 4.70. The first-order valence-corrected chi connectivity index (χ1v) is 9.28. The summed E-state index contributed by atoms with van der Waals surface area (Å²) >= 11 is 0. The van der Waals surface area contributed by atoms with Crippen LogP contribution in [-0.4, -0.2) is 17.6 Å². The van der Waals surface area contributed by atoms with Gasteiger partial charge in [0.1, 0.15) is 23.1 Å². The molecule has 0 aliphatic heterocycles. The molecular weight excluding hydrogens is 354 g/mol. The molecule has 2 aromatic heterocycles. The van der Waals surface area contributed by atoms with Gasteiger partial charge in [-0.25, -0.2) is 0 Å². The Morgan fingerprint density at radius 2 is 1.82 bits per heavy atom. The summed E-state index contributed by atoms with van der Waals surface area (Å²) in [6.07, 6.45) is 4.41. The van der Waals surface area contributed by atoms with Gasteiger partial charge >= 0.3 is 0 Å². The molecule has 0 aliphatic rings. The second-order valence-corrected chi connectivity index (χ2v) is 6.61. The van der Waals surface area contributed by atoms with Crippen LogP contribution in [0.1, 0.15) is 28.8 Å². The molecule has 0 saturated carbocycles. The molecule has 4 aromatic rings. The number of unbranched alkanes of at least 4 members (excludes halogenated alkanes) is 1. The van der Waals surface area contributed by atoms with Gasteiger partial charge in [0.25, 0.3) is 5.91 Å². The monoisotopic (exact) mass is 375 g/mol. The number of nitrogens with two attached hydrogens (primary N) is 1. The highest BCUT2D eigenvalue weighted by atomic mass is 16.5. The molecule has 6 nitrogen and oxygen atoms in total. The first-order chi connectivity index (χ1) is 13.7. The van der Waals surface area contributed by atoms with E-state index in [0.717, 1.165) is 24.6 Å². The Balaban J connectivity index is 1.42. The average molecular weight is 375 g/mol. The van der Waals surface area contributed by atoms with Gasteiger partial charge in [-0.3, -0.25) is 4.79 Å². The summed E-state index contributed by atoms with van der Waals surface area (Å²) in [7, 11) is 0. The number of fused-ring (bicyclic) bond motifs is 1. The Bertz CT molecular complexity index is 1080. The third kappa shape index (κ3) is 3.62. The van der Waals surface area contributed by atoms with Gasteiger partial charge < -0.3 is 20.0 Å². The number of carbonyl (C=O) groups is 1. The Hall–Kier alpha value is -3.54. The van der Waals surface area contributed by atoms with Crippen molar-refractivity contribution in [1.82, 2.24) is 10.5 Å². The summed E-state index contributed by atoms with van der Waals surface area (Å²) in [5, 5.41) is 7.76. The van der Waals surface area contributed by atoms with Gasteiger partial charge in [0, 0.05) is 11.9 Å². The number of nitrogens with one attached hydrogen (secondary N) is 1. The van der Waals surface area contributed by atoms with E-state index in [-0.39, 0.29) is 17.4 Å². The molecule has 0 aliphatic carbocycles. The van der Waals surface area contributed by atoms with Crippen molar-refractivity contribution in [2.75, 3.05) is 12.3 Å². The zero-order chi connectivity index (χ0) is 19.3. The van der Waals surface area contributed by atoms with Crippen molar-refractivity contribution in [2.45, 2.75) is 19.3 Å². The van der Waals surface area contributed by atoms with Crippen molar-refractivity contribution in [3.63, 3.8) is 0 Å². The van der Waals surface area contributed by atoms with Crippen LogP contribution < -0.4 is 11.1 Å². The van der Waals surface area contributed by atoms with Gasteiger partial charge in [-0.05, 0) is 30.9 Å². The number of carbonyl (C=O) groups excluding carboxylic acids is 1. The zero-order valence-electron chi connectivity index (χ0n) is 15.4. The molecule has 142 valence electrons. The number of rotatable bonds is 7. The number of hydrogen-bond donors (Lipinski definition) is 2. The Labute approximate surface area is 162 Å². The second kappa shape index (κ2) is 8.00. The van der Waals surface area contributed by atoms with Gasteiger partial charge in [-0.15, -0.1) is 0 Å². The molecule has 0 spiro atoms. The number of hydrogen-bond acceptors (Lipinski definition) is 5. The summed E-state index contributed by atoms with van der Waals surface area (Å²) in [4.78, 5) is 12.7. The molecule has 4 rings (SSSR count). The number of benzene rings is 2. The molecule has 0 bridgehead atoms. The topological polar surface area (TPSA) is 94.3 Å². The van der Waals surface area contributed by atoms with Crippen molar-refractivity contribution in [3.05, 3.63) is 72.0 Å². The molecule has 0 radical (unpaired) electrons. The summed E-state index contributed by atoms with van der Waals surface area (Å²) in [6.45, 7) is 0.557. The van der Waals surface area contributed by atoms with E-state index in [4.69, 9.17) is 14.7 Å². The quantitative estimate of drug-likeness (QED) is 0.466. The summed E-state index contributed by atoms with van der Waals surface area (Å²) in [5.41, 5.74) is 9.21. The van der Waals surface area contributed by atoms with Crippen LogP contribution in [0.15, 0.2) is 69.8 Å². The van der Waals surface area contributed by atoms with Crippen LogP contribution >= 0.6 is 0 Å². The number of amides is 1. The average Bonchev–Trinajstić information content (AvgIpc) is 3.31. The first kappa shape index (κ1) is 17.9. The molecule has 2 aromatic carbocycles. The fourth-order valence-electron chi connectivity index (χ4n) is 3.26. The fourth-order valence-corrected chi connectivity index (χ4v) is 3.26. The maximum atomic E-state index is 12.7. The molecule has 3 N–H and O–H groups in total. The van der Waals surface area contributed by atoms with Crippen molar-refractivity contribution < 1.29 is 13.7 Å². The minimum Gasteiger partial charge on any atom is -0.464 e. The lowest BCUT2D eigenvalue weighted by Gasteiger charge is -2.05. The lowest BCUT2D eigenvalue weighted by molar-refractivity contribution is 0.0954. The molecule has 2 heterocycles. The van der Waals surface area contributed by atoms with Gasteiger partial charge in [0.15, 0.2) is 0 Å². The summed E-state index contributed by atoms with van der Waals surface area (Å²) in [6, 6.07) is 17.8. The van der Waals surface area contributed by atoms with E-state index >= 15 is 0 Å². The SMILES string of the molecule is Nc1onc(-c2coc3ccccc23)c1C(=O)NCCCCc1ccccc1. The van der Waals surface area contributed by atoms with Crippen LogP contribution in [0.25, 0.3) is 22.2 Å². The predicted molar refractivity (Wildman–Crippen MR) is 108 cm³/mol. The summed E-state index contributed by atoms with van der Waals surface area (Å²) < 4.78 is 10.6. The fraction of sp³-hybridized carbons (Fsp3) is 0.182. The molecule has 28 heavy (non-hydrogen) atoms. The zero-order valence-corrected chi connectivity index (χ0v) is 15.4. The maximum absolute atomic E-state index is 12.7. The number of nitrogens with zero attached hydrogens (tertiary/aromatic N) is 1. The van der Waals surface area contributed by atoms with Crippen molar-refractivity contribution in [3.8, 4) is 11.3 Å². The molecule has 0 saturated heterocycles. The lowest BCUT2D eigenvalue weighted by Crippen LogP contribution is -2.25. The van der Waals surface area contributed by atoms with E-state index < -0.39 is 0 Å². The van der Waals surface area contributed by atoms with E-state index in [1.165, 1.54) is 5.56 Å². The summed E-state index contributed by atoms with van der Waals surface area (Å²) in [5.74, 6) is -0.291. The molecule has 0 unspecified atom stereocenters. The largest absolute Gasteiger partial charge is 0.464 e. The standard InChI is InChI=1S/C22H21N3O3/c23-21-19(22(26)24-13-7-6-10-15-8-2-1-3-9-15)20(25-28-21)17-14-27-18-12-5-4-11-16(17)18/h1-5,8-9,11-12,14H,6-7,10,13,23H2,(H,24,26). The normalized spacial score (nSPS) is 11.0. The van der Waals surface area contributed by atoms with Gasteiger partial charge in [0.2, 0.25) is 5.88 Å². The van der Waals surface area contributed by atoms with Crippen molar-refractivity contribution in [1.29, 1.82) is 0 Å². The van der Waals surface area contributed by atoms with Gasteiger partial charge in [0.05, 0.1) is 5.56 Å². The van der Waals surface area contributed by atoms with E-state index in [2.05, 4.69) is 22.6 Å². The first-order valence-electron chi connectivity index (χ1n) is 9.28. The smallest absolute Gasteiger partial charge is 0.259 e. The van der Waals surface area contributed by atoms with E-state index in [9.17, 15) is 4.79 Å². The number of furan rings is 1. The third-order valence-corrected chi connectivity index (χ3v) is 4.70. The Morgan fingerprint density at radius 3 is 2.68 bits per heavy atom.